The van der Waals surface area contributed by atoms with Crippen LogP contribution in [0.5, 0.6) is 0 Å². The van der Waals surface area contributed by atoms with Crippen LogP contribution in [0.15, 0.2) is 68.6 Å². The zero-order valence-corrected chi connectivity index (χ0v) is 13.4. The number of pyridine rings is 1. The Morgan fingerprint density at radius 1 is 1.08 bits per heavy atom. The monoisotopic (exact) mass is 334 g/mol. The highest BCUT2D eigenvalue weighted by molar-refractivity contribution is 5.54. The first-order chi connectivity index (χ1) is 12.2. The molecule has 25 heavy (non-hydrogen) atoms. The molecule has 1 aromatic carbocycles. The summed E-state index contributed by atoms with van der Waals surface area (Å²) in [5, 5.41) is 3.85. The maximum absolute atomic E-state index is 12.1. The highest BCUT2D eigenvalue weighted by Crippen LogP contribution is 2.23. The molecular weight excluding hydrogens is 320 g/mol. The van der Waals surface area contributed by atoms with Gasteiger partial charge in [0.2, 0.25) is 5.89 Å². The number of benzene rings is 1. The Morgan fingerprint density at radius 2 is 1.88 bits per heavy atom. The molecule has 0 spiro atoms. The molecule has 0 aliphatic heterocycles. The number of rotatable bonds is 4. The largest absolute Gasteiger partial charge is 0.442 e. The first kappa shape index (κ1) is 15.1. The predicted octanol–water partition coefficient (Wildman–Crippen LogP) is 2.91. The van der Waals surface area contributed by atoms with Crippen LogP contribution in [0.3, 0.4) is 0 Å². The average molecular weight is 334 g/mol. The Balaban J connectivity index is 1.72. The van der Waals surface area contributed by atoms with Crippen LogP contribution < -0.4 is 5.76 Å². The third-order valence-electron chi connectivity index (χ3n) is 3.83. The fourth-order valence-electron chi connectivity index (χ4n) is 2.54. The normalized spacial score (nSPS) is 10.9. The van der Waals surface area contributed by atoms with E-state index in [-0.39, 0.29) is 6.54 Å². The second kappa shape index (κ2) is 6.20. The summed E-state index contributed by atoms with van der Waals surface area (Å²) >= 11 is 0. The van der Waals surface area contributed by atoms with Crippen LogP contribution in [0.2, 0.25) is 0 Å². The van der Waals surface area contributed by atoms with E-state index in [9.17, 15) is 4.79 Å². The lowest BCUT2D eigenvalue weighted by Crippen LogP contribution is -2.17. The number of aryl methyl sites for hydroxylation is 1. The molecule has 4 rings (SSSR count). The molecule has 0 N–H and O–H groups in total. The van der Waals surface area contributed by atoms with Gasteiger partial charge < -0.3 is 4.42 Å². The van der Waals surface area contributed by atoms with Crippen molar-refractivity contribution in [3.63, 3.8) is 0 Å². The van der Waals surface area contributed by atoms with Gasteiger partial charge in [-0.15, -0.1) is 0 Å². The minimum absolute atomic E-state index is 0.203. The van der Waals surface area contributed by atoms with Gasteiger partial charge in [0.25, 0.3) is 0 Å². The van der Waals surface area contributed by atoms with Crippen molar-refractivity contribution in [1.29, 1.82) is 0 Å². The molecule has 7 nitrogen and oxygen atoms in total. The van der Waals surface area contributed by atoms with Crippen LogP contribution in [0, 0.1) is 6.92 Å². The van der Waals surface area contributed by atoms with E-state index in [1.54, 1.807) is 18.5 Å². The first-order valence-electron chi connectivity index (χ1n) is 7.71. The van der Waals surface area contributed by atoms with Crippen LogP contribution in [0.1, 0.15) is 11.5 Å². The van der Waals surface area contributed by atoms with Crippen molar-refractivity contribution >= 4 is 0 Å². The van der Waals surface area contributed by atoms with Crippen LogP contribution >= 0.6 is 0 Å². The first-order valence-corrected chi connectivity index (χ1v) is 7.71. The summed E-state index contributed by atoms with van der Waals surface area (Å²) in [6, 6.07) is 13.2. The Morgan fingerprint density at radius 3 is 2.64 bits per heavy atom. The summed E-state index contributed by atoms with van der Waals surface area (Å²) in [5.74, 6) is 1.01. The maximum Gasteiger partial charge on any atom is 0.442 e. The number of nitrogens with zero attached hydrogens (tertiary/aromatic N) is 4. The van der Waals surface area contributed by atoms with Crippen LogP contribution in [0.25, 0.3) is 22.8 Å². The number of oxazole rings is 1. The van der Waals surface area contributed by atoms with Gasteiger partial charge in [0, 0.05) is 23.5 Å². The molecule has 7 heteroatoms. The topological polar surface area (TPSA) is 86.9 Å². The van der Waals surface area contributed by atoms with Gasteiger partial charge in [0.1, 0.15) is 11.5 Å². The maximum atomic E-state index is 12.1. The summed E-state index contributed by atoms with van der Waals surface area (Å²) in [6.07, 6.45) is 3.28. The Hall–Kier alpha value is -3.48. The minimum Gasteiger partial charge on any atom is -0.441 e. The van der Waals surface area contributed by atoms with Gasteiger partial charge in [0.15, 0.2) is 5.82 Å². The number of aromatic nitrogens is 4. The standard InChI is InChI=1S/C18H14N4O3/c1-12-15(20-17(24-12)13-6-3-2-4-7-13)11-22-16(21-25-18(22)23)14-8-5-9-19-10-14/h2-10H,11H2,1H3. The second-order valence-corrected chi connectivity index (χ2v) is 5.49. The van der Waals surface area contributed by atoms with Crippen molar-refractivity contribution in [2.45, 2.75) is 13.5 Å². The van der Waals surface area contributed by atoms with Gasteiger partial charge >= 0.3 is 5.76 Å². The summed E-state index contributed by atoms with van der Waals surface area (Å²) in [5.41, 5.74) is 2.22. The molecule has 3 aromatic heterocycles. The summed E-state index contributed by atoms with van der Waals surface area (Å²) < 4.78 is 12.0. The zero-order chi connectivity index (χ0) is 17.2. The van der Waals surface area contributed by atoms with Gasteiger partial charge in [0.05, 0.1) is 6.54 Å². The van der Waals surface area contributed by atoms with Crippen molar-refractivity contribution in [3.05, 3.63) is 76.9 Å². The molecule has 0 saturated carbocycles. The molecule has 0 amide bonds. The molecular formula is C18H14N4O3. The van der Waals surface area contributed by atoms with E-state index in [4.69, 9.17) is 8.94 Å². The van der Waals surface area contributed by atoms with E-state index in [1.165, 1.54) is 4.57 Å². The van der Waals surface area contributed by atoms with Crippen LogP contribution in [-0.4, -0.2) is 19.7 Å². The van der Waals surface area contributed by atoms with Crippen molar-refractivity contribution in [1.82, 2.24) is 19.7 Å². The average Bonchev–Trinajstić information content (AvgIpc) is 3.20. The minimum atomic E-state index is -0.553. The van der Waals surface area contributed by atoms with Crippen molar-refractivity contribution < 1.29 is 8.94 Å². The molecule has 124 valence electrons. The zero-order valence-electron chi connectivity index (χ0n) is 13.4. The fraction of sp³-hybridized carbons (Fsp3) is 0.111. The Kier molecular flexibility index (Phi) is 3.74. The van der Waals surface area contributed by atoms with E-state index in [1.807, 2.05) is 43.3 Å². The highest BCUT2D eigenvalue weighted by atomic mass is 16.5. The van der Waals surface area contributed by atoms with Crippen LogP contribution in [-0.2, 0) is 6.54 Å². The van der Waals surface area contributed by atoms with E-state index < -0.39 is 5.76 Å². The Labute approximate surface area is 142 Å². The molecule has 0 unspecified atom stereocenters. The number of hydrogen-bond donors (Lipinski definition) is 0. The fourth-order valence-corrected chi connectivity index (χ4v) is 2.54. The second-order valence-electron chi connectivity index (χ2n) is 5.49. The van der Waals surface area contributed by atoms with Crippen molar-refractivity contribution in [3.8, 4) is 22.8 Å². The lowest BCUT2D eigenvalue weighted by Gasteiger charge is -2.02. The predicted molar refractivity (Wildman–Crippen MR) is 89.8 cm³/mol. The molecule has 0 aliphatic carbocycles. The molecule has 4 aromatic rings. The SMILES string of the molecule is Cc1oc(-c2ccccc2)nc1Cn1c(-c2cccnc2)noc1=O. The van der Waals surface area contributed by atoms with Gasteiger partial charge in [-0.1, -0.05) is 23.4 Å². The molecule has 0 radical (unpaired) electrons. The third-order valence-corrected chi connectivity index (χ3v) is 3.83. The summed E-state index contributed by atoms with van der Waals surface area (Å²) in [7, 11) is 0. The highest BCUT2D eigenvalue weighted by Gasteiger charge is 2.18. The lowest BCUT2D eigenvalue weighted by atomic mass is 10.2. The molecule has 3 heterocycles. The van der Waals surface area contributed by atoms with Gasteiger partial charge in [-0.2, -0.15) is 0 Å². The smallest absolute Gasteiger partial charge is 0.441 e. The lowest BCUT2D eigenvalue weighted by molar-refractivity contribution is 0.378. The van der Waals surface area contributed by atoms with E-state index in [2.05, 4.69) is 15.1 Å². The van der Waals surface area contributed by atoms with Crippen LogP contribution in [0.4, 0.5) is 0 Å². The number of hydrogen-bond acceptors (Lipinski definition) is 6. The van der Waals surface area contributed by atoms with Crippen molar-refractivity contribution in [2.75, 3.05) is 0 Å². The van der Waals surface area contributed by atoms with Crippen molar-refractivity contribution in [2.24, 2.45) is 0 Å². The molecule has 0 atom stereocenters. The quantitative estimate of drug-likeness (QED) is 0.570. The molecule has 0 bridgehead atoms. The van der Waals surface area contributed by atoms with Gasteiger partial charge in [-0.25, -0.2) is 9.78 Å². The summed E-state index contributed by atoms with van der Waals surface area (Å²) in [6.45, 7) is 2.02. The Bertz CT molecular complexity index is 1050. The van der Waals surface area contributed by atoms with E-state index in [0.29, 0.717) is 28.7 Å². The van der Waals surface area contributed by atoms with Gasteiger partial charge in [-0.05, 0) is 31.2 Å². The van der Waals surface area contributed by atoms with Gasteiger partial charge in [-0.3, -0.25) is 14.1 Å². The molecule has 0 aliphatic rings. The molecule has 0 fully saturated rings. The molecule has 0 saturated heterocycles. The van der Waals surface area contributed by atoms with E-state index >= 15 is 0 Å². The third kappa shape index (κ3) is 2.87. The summed E-state index contributed by atoms with van der Waals surface area (Å²) in [4.78, 5) is 20.6. The van der Waals surface area contributed by atoms with E-state index in [0.717, 1.165) is 5.56 Å².